The Kier molecular flexibility index (Phi) is 28.4. The molecule has 0 aliphatic carbocycles. The molecule has 7 N–H and O–H groups in total. The Hall–Kier alpha value is -11.4. The second-order valence-electron chi connectivity index (χ2n) is 25.7. The van der Waals surface area contributed by atoms with E-state index < -0.39 is 65.7 Å². The van der Waals surface area contributed by atoms with E-state index in [-0.39, 0.29) is 75.0 Å². The molecule has 2 aliphatic heterocycles. The van der Waals surface area contributed by atoms with Gasteiger partial charge >= 0.3 is 30.2 Å². The summed E-state index contributed by atoms with van der Waals surface area (Å²) in [6.07, 6.45) is 4.89. The molecule has 2 aliphatic rings. The van der Waals surface area contributed by atoms with Crippen molar-refractivity contribution in [2.24, 2.45) is 0 Å². The fraction of sp³-hybridized carbons (Fsp3) is 0.346. The number of nitrogens with zero attached hydrogens (tertiary/aromatic N) is 2. The van der Waals surface area contributed by atoms with Gasteiger partial charge in [0.05, 0.1) is 43.1 Å². The highest BCUT2D eigenvalue weighted by molar-refractivity contribution is 6.05. The first kappa shape index (κ1) is 77.9. The van der Waals surface area contributed by atoms with E-state index in [4.69, 9.17) is 38.9 Å². The summed E-state index contributed by atoms with van der Waals surface area (Å²) in [5.74, 6) is -1.19. The number of carbonyl (C=O) groups is 9. The summed E-state index contributed by atoms with van der Waals surface area (Å²) < 4.78 is 37.1. The highest BCUT2D eigenvalue weighted by Gasteiger charge is 2.35. The molecule has 0 bridgehead atoms. The normalized spacial score (nSPS) is 14.3. The van der Waals surface area contributed by atoms with Gasteiger partial charge in [0, 0.05) is 50.6 Å². The predicted octanol–water partition coefficient (Wildman–Crippen LogP) is 12.2. The average Bonchev–Trinajstić information content (AvgIpc) is 1.60. The first-order valence-corrected chi connectivity index (χ1v) is 33.4. The van der Waals surface area contributed by atoms with Crippen LogP contribution < -0.4 is 41.8 Å². The van der Waals surface area contributed by atoms with Crippen LogP contribution in [0, 0.1) is 27.7 Å². The topological polar surface area (TPSA) is 311 Å². The number of alkyl carbamates (subject to hydrolysis) is 2. The molecule has 6 aromatic rings. The lowest BCUT2D eigenvalue weighted by atomic mass is 10.0. The molecule has 24 nitrogen and oxygen atoms in total. The van der Waals surface area contributed by atoms with Gasteiger partial charge < -0.3 is 70.0 Å². The predicted molar refractivity (Wildman–Crippen MR) is 388 cm³/mol. The molecule has 0 saturated heterocycles. The average molecular weight is 1400 g/mol. The number of nitrogens with two attached hydrogens (primary N) is 1. The molecule has 0 radical (unpaired) electrons. The summed E-state index contributed by atoms with van der Waals surface area (Å²) in [7, 11) is 3.20. The van der Waals surface area contributed by atoms with Crippen molar-refractivity contribution in [3.63, 3.8) is 0 Å². The van der Waals surface area contributed by atoms with Crippen LogP contribution in [0.15, 0.2) is 152 Å². The lowest BCUT2D eigenvalue weighted by Gasteiger charge is -2.25. The minimum Gasteiger partial charge on any atom is -0.497 e. The largest absolute Gasteiger partial charge is 0.497 e. The van der Waals surface area contributed by atoms with Crippen molar-refractivity contribution < 1.29 is 76.3 Å². The van der Waals surface area contributed by atoms with Gasteiger partial charge in [-0.25, -0.2) is 14.4 Å². The Bertz CT molecular complexity index is 4040. The van der Waals surface area contributed by atoms with Crippen LogP contribution in [0.25, 0.3) is 11.1 Å². The number of ether oxygens (including phenoxy) is 7. The number of amides is 7. The molecule has 4 atom stereocenters. The van der Waals surface area contributed by atoms with Crippen molar-refractivity contribution in [2.45, 2.75) is 137 Å². The van der Waals surface area contributed by atoms with Crippen molar-refractivity contribution in [3.8, 4) is 11.5 Å². The third-order valence-corrected chi connectivity index (χ3v) is 16.7. The van der Waals surface area contributed by atoms with E-state index in [1.54, 1.807) is 94.6 Å². The molecule has 0 unspecified atom stereocenters. The minimum absolute atomic E-state index is 0.0349. The maximum absolute atomic E-state index is 14.4. The van der Waals surface area contributed by atoms with Gasteiger partial charge in [-0.2, -0.15) is 0 Å². The number of unbranched alkanes of at least 4 members (excludes halogenated alkanes) is 1. The van der Waals surface area contributed by atoms with E-state index in [1.807, 2.05) is 113 Å². The molecular weight excluding hydrogens is 1300 g/mol. The monoisotopic (exact) mass is 1400 g/mol. The lowest BCUT2D eigenvalue weighted by molar-refractivity contribution is -0.143. The molecule has 7 amide bonds. The van der Waals surface area contributed by atoms with Crippen LogP contribution in [0.4, 0.5) is 31.4 Å². The standard InChI is InChI=1S/C55H66N6O12.C23H26N2O4/c1-9-27-70-53(67)60-48(30-38-15-11-10-12-16-38)50(64)58-46(17-13-14-26-56-52(66)73-55(5,6)7)49(63)57-42-22-18-39(19-23-42)33-72-54(68)59-47-29-36(3)35(2)28-45(47)51(65)61-32-41(31-43(61)34-71-37(4)62)40-20-24-44(69-8)25-21-40;1-14-9-21(22(24)10-15(14)2)23(27)25-12-18(11-19(25)13-29-16(3)26)17-5-7-20(28-4)8-6-17/h9-12,15-16,18-25,28-29,32,43,46,48H,1,13-14,17,26-27,30-31,33-34H2,2-8H3,(H,56,66)(H,57,63)(H,58,64)(H,59,68)(H,60,67);5-10,12,19H,11,13,24H2,1-4H3/t43-,46-,48-;19-/m00/s1. The fourth-order valence-corrected chi connectivity index (χ4v) is 11.0. The third-order valence-electron chi connectivity index (χ3n) is 16.7. The molecule has 8 rings (SSSR count). The number of aryl methyl sites for hydroxylation is 4. The van der Waals surface area contributed by atoms with Gasteiger partial charge in [-0.1, -0.05) is 79.4 Å². The second kappa shape index (κ2) is 37.1. The summed E-state index contributed by atoms with van der Waals surface area (Å²) >= 11 is 0. The number of esters is 2. The van der Waals surface area contributed by atoms with E-state index in [0.717, 1.165) is 55.8 Å². The fourth-order valence-electron chi connectivity index (χ4n) is 11.0. The van der Waals surface area contributed by atoms with Gasteiger partial charge in [0.25, 0.3) is 11.8 Å². The van der Waals surface area contributed by atoms with Gasteiger partial charge in [-0.3, -0.25) is 34.1 Å². The Morgan fingerprint density at radius 3 is 1.64 bits per heavy atom. The van der Waals surface area contributed by atoms with E-state index in [2.05, 4.69) is 33.2 Å². The van der Waals surface area contributed by atoms with E-state index in [9.17, 15) is 43.2 Å². The second-order valence-corrected chi connectivity index (χ2v) is 25.7. The molecule has 0 aromatic heterocycles. The SMILES string of the molecule is C=CCOC(=O)N[C@@H](Cc1ccccc1)C(=O)N[C@@H](CCCCNC(=O)OC(C)(C)C)C(=O)Nc1ccc(COC(=O)Nc2cc(C)c(C)cc2C(=O)N2C=C(c3ccc(OC)cc3)C[C@H]2COC(C)=O)cc1.COc1ccc(C2=CN(C(=O)c3cc(C)c(C)cc3N)[C@H](COC(C)=O)C2)cc1. The maximum Gasteiger partial charge on any atom is 0.411 e. The van der Waals surface area contributed by atoms with Crippen molar-refractivity contribution >= 4 is 82.1 Å². The van der Waals surface area contributed by atoms with Crippen LogP contribution in [0.3, 0.4) is 0 Å². The number of carbonyl (C=O) groups excluding carboxylic acids is 9. The van der Waals surface area contributed by atoms with Crippen molar-refractivity contribution in [1.82, 2.24) is 25.8 Å². The smallest absolute Gasteiger partial charge is 0.411 e. The highest BCUT2D eigenvalue weighted by atomic mass is 16.6. The van der Waals surface area contributed by atoms with Gasteiger partial charge in [0.1, 0.15) is 55.6 Å². The Labute approximate surface area is 595 Å². The van der Waals surface area contributed by atoms with Crippen molar-refractivity contribution in [1.29, 1.82) is 0 Å². The summed E-state index contributed by atoms with van der Waals surface area (Å²) in [6.45, 7) is 19.2. The van der Waals surface area contributed by atoms with E-state index in [1.165, 1.54) is 24.8 Å². The van der Waals surface area contributed by atoms with E-state index >= 15 is 0 Å². The first-order chi connectivity index (χ1) is 48.6. The van der Waals surface area contributed by atoms with Crippen LogP contribution in [0.1, 0.15) is 132 Å². The van der Waals surface area contributed by atoms with Gasteiger partial charge in [-0.15, -0.1) is 0 Å². The number of methoxy groups -OCH3 is 2. The number of benzene rings is 6. The van der Waals surface area contributed by atoms with Gasteiger partial charge in [0.2, 0.25) is 11.8 Å². The van der Waals surface area contributed by atoms with Crippen molar-refractivity contribution in [2.75, 3.05) is 57.0 Å². The van der Waals surface area contributed by atoms with Crippen LogP contribution in [0.2, 0.25) is 0 Å². The summed E-state index contributed by atoms with van der Waals surface area (Å²) in [5.41, 5.74) is 15.9. The molecule has 0 fully saturated rings. The Balaban J connectivity index is 0.000000416. The molecule has 6 aromatic carbocycles. The molecule has 2 heterocycles. The van der Waals surface area contributed by atoms with E-state index in [0.29, 0.717) is 53.9 Å². The highest BCUT2D eigenvalue weighted by Crippen LogP contribution is 2.36. The quantitative estimate of drug-likeness (QED) is 0.00918. The Morgan fingerprint density at radius 1 is 0.578 bits per heavy atom. The molecule has 0 saturated carbocycles. The van der Waals surface area contributed by atoms with Crippen LogP contribution in [-0.4, -0.2) is 134 Å². The number of hydrogen-bond acceptors (Lipinski definition) is 17. The number of nitrogen functional groups attached to an aromatic ring is 1. The lowest BCUT2D eigenvalue weighted by Crippen LogP contribution is -2.53. The Morgan fingerprint density at radius 2 is 1.11 bits per heavy atom. The number of nitrogens with one attached hydrogen (secondary N) is 5. The van der Waals surface area contributed by atoms with Crippen LogP contribution in [-0.2, 0) is 55.9 Å². The molecule has 0 spiro atoms. The zero-order chi connectivity index (χ0) is 74.2. The number of hydrogen-bond donors (Lipinski definition) is 6. The molecular formula is C78H92N8O16. The molecule has 102 heavy (non-hydrogen) atoms. The summed E-state index contributed by atoms with van der Waals surface area (Å²) in [6, 6.07) is 34.7. The van der Waals surface area contributed by atoms with Gasteiger partial charge in [-0.05, 0) is 197 Å². The number of rotatable bonds is 27. The number of anilines is 3. The van der Waals surface area contributed by atoms with Crippen LogP contribution >= 0.6 is 0 Å². The first-order valence-electron chi connectivity index (χ1n) is 33.4. The van der Waals surface area contributed by atoms with Crippen LogP contribution in [0.5, 0.6) is 11.5 Å². The minimum atomic E-state index is -1.10. The maximum atomic E-state index is 14.4. The third kappa shape index (κ3) is 23.3. The zero-order valence-corrected chi connectivity index (χ0v) is 59.7. The molecule has 24 heteroatoms. The summed E-state index contributed by atoms with van der Waals surface area (Å²) in [5, 5.41) is 13.7. The summed E-state index contributed by atoms with van der Waals surface area (Å²) in [4.78, 5) is 120. The molecule has 540 valence electrons. The van der Waals surface area contributed by atoms with Gasteiger partial charge in [0.15, 0.2) is 0 Å². The van der Waals surface area contributed by atoms with Crippen molar-refractivity contribution in [3.05, 3.63) is 208 Å². The zero-order valence-electron chi connectivity index (χ0n) is 59.7.